The van der Waals surface area contributed by atoms with Crippen LogP contribution in [0.2, 0.25) is 0 Å². The van der Waals surface area contributed by atoms with E-state index in [0.29, 0.717) is 16.5 Å². The number of rotatable bonds is 5. The van der Waals surface area contributed by atoms with Crippen LogP contribution in [-0.4, -0.2) is 26.4 Å². The lowest BCUT2D eigenvalue weighted by Crippen LogP contribution is -2.16. The molecule has 0 atom stereocenters. The maximum absolute atomic E-state index is 13.9. The van der Waals surface area contributed by atoms with Crippen LogP contribution in [0.3, 0.4) is 0 Å². The van der Waals surface area contributed by atoms with Crippen molar-refractivity contribution in [3.05, 3.63) is 59.4 Å². The zero-order valence-corrected chi connectivity index (χ0v) is 15.6. The van der Waals surface area contributed by atoms with Crippen molar-refractivity contribution in [3.63, 3.8) is 0 Å². The molecule has 1 N–H and O–H groups in total. The lowest BCUT2D eigenvalue weighted by molar-refractivity contribution is -0.113. The van der Waals surface area contributed by atoms with E-state index in [2.05, 4.69) is 15.5 Å². The fraction of sp³-hybridized carbons (Fsp3) is 0.211. The van der Waals surface area contributed by atoms with Gasteiger partial charge in [-0.2, -0.15) is 0 Å². The molecule has 5 nitrogen and oxygen atoms in total. The van der Waals surface area contributed by atoms with Crippen LogP contribution >= 0.6 is 11.8 Å². The molecule has 0 aliphatic carbocycles. The van der Waals surface area contributed by atoms with Crippen LogP contribution in [0.5, 0.6) is 0 Å². The van der Waals surface area contributed by atoms with Crippen molar-refractivity contribution in [1.82, 2.24) is 14.8 Å². The number of anilines is 1. The number of hydrogen-bond acceptors (Lipinski definition) is 4. The Balaban J connectivity index is 1.69. The maximum Gasteiger partial charge on any atom is 0.234 e. The second kappa shape index (κ2) is 7.70. The van der Waals surface area contributed by atoms with Gasteiger partial charge in [0, 0.05) is 12.7 Å². The van der Waals surface area contributed by atoms with Gasteiger partial charge in [0.05, 0.1) is 11.3 Å². The molecule has 3 aromatic rings. The van der Waals surface area contributed by atoms with E-state index in [1.54, 1.807) is 29.8 Å². The molecule has 0 saturated heterocycles. The standard InChI is InChI=1S/C19H19FN4OS/c1-12-7-6-8-13(2)17(12)21-16(25)11-26-19-23-22-18(24(19)3)14-9-4-5-10-15(14)20/h4-10H,11H2,1-3H3,(H,21,25). The van der Waals surface area contributed by atoms with E-state index in [9.17, 15) is 9.18 Å². The number of amides is 1. The van der Waals surface area contributed by atoms with Crippen molar-refractivity contribution in [2.45, 2.75) is 19.0 Å². The number of para-hydroxylation sites is 1. The highest BCUT2D eigenvalue weighted by Gasteiger charge is 2.16. The zero-order chi connectivity index (χ0) is 18.7. The molecule has 1 aromatic heterocycles. The van der Waals surface area contributed by atoms with Crippen LogP contribution in [0.15, 0.2) is 47.6 Å². The molecule has 1 amide bonds. The summed E-state index contributed by atoms with van der Waals surface area (Å²) in [4.78, 5) is 12.3. The Morgan fingerprint density at radius 2 is 1.81 bits per heavy atom. The van der Waals surface area contributed by atoms with Crippen LogP contribution in [0.4, 0.5) is 10.1 Å². The summed E-state index contributed by atoms with van der Waals surface area (Å²) in [5, 5.41) is 11.6. The van der Waals surface area contributed by atoms with E-state index in [1.807, 2.05) is 32.0 Å². The number of carbonyl (C=O) groups excluding carboxylic acids is 1. The van der Waals surface area contributed by atoms with Crippen LogP contribution < -0.4 is 5.32 Å². The van der Waals surface area contributed by atoms with E-state index >= 15 is 0 Å². The Morgan fingerprint density at radius 3 is 2.50 bits per heavy atom. The Hall–Kier alpha value is -2.67. The molecule has 0 spiro atoms. The van der Waals surface area contributed by atoms with Gasteiger partial charge in [0.25, 0.3) is 0 Å². The Morgan fingerprint density at radius 1 is 1.12 bits per heavy atom. The zero-order valence-electron chi connectivity index (χ0n) is 14.8. The summed E-state index contributed by atoms with van der Waals surface area (Å²) < 4.78 is 15.6. The first kappa shape index (κ1) is 18.1. The van der Waals surface area contributed by atoms with Gasteiger partial charge in [0.15, 0.2) is 11.0 Å². The van der Waals surface area contributed by atoms with Crippen LogP contribution in [-0.2, 0) is 11.8 Å². The Labute approximate surface area is 155 Å². The summed E-state index contributed by atoms with van der Waals surface area (Å²) >= 11 is 1.26. The van der Waals surface area contributed by atoms with Crippen LogP contribution in [0, 0.1) is 19.7 Å². The number of hydrogen-bond donors (Lipinski definition) is 1. The molecule has 26 heavy (non-hydrogen) atoms. The van der Waals surface area contributed by atoms with Crippen molar-refractivity contribution in [2.24, 2.45) is 7.05 Å². The fourth-order valence-electron chi connectivity index (χ4n) is 2.63. The number of nitrogens with zero attached hydrogens (tertiary/aromatic N) is 3. The van der Waals surface area contributed by atoms with Gasteiger partial charge >= 0.3 is 0 Å². The highest BCUT2D eigenvalue weighted by molar-refractivity contribution is 7.99. The van der Waals surface area contributed by atoms with Gasteiger partial charge in [0.2, 0.25) is 5.91 Å². The summed E-state index contributed by atoms with van der Waals surface area (Å²) in [6.07, 6.45) is 0. The summed E-state index contributed by atoms with van der Waals surface area (Å²) in [6.45, 7) is 3.91. The van der Waals surface area contributed by atoms with Gasteiger partial charge in [0.1, 0.15) is 5.82 Å². The van der Waals surface area contributed by atoms with Crippen LogP contribution in [0.25, 0.3) is 11.4 Å². The minimum Gasteiger partial charge on any atom is -0.325 e. The first-order valence-corrected chi connectivity index (χ1v) is 9.09. The molecule has 0 radical (unpaired) electrons. The molecule has 1 heterocycles. The maximum atomic E-state index is 13.9. The lowest BCUT2D eigenvalue weighted by atomic mass is 10.1. The van der Waals surface area contributed by atoms with E-state index < -0.39 is 0 Å². The topological polar surface area (TPSA) is 59.8 Å². The number of aromatic nitrogens is 3. The molecular weight excluding hydrogens is 351 g/mol. The van der Waals surface area contributed by atoms with Gasteiger partial charge in [-0.3, -0.25) is 4.79 Å². The van der Waals surface area contributed by atoms with Crippen molar-refractivity contribution in [3.8, 4) is 11.4 Å². The molecule has 7 heteroatoms. The molecule has 0 aliphatic rings. The van der Waals surface area contributed by atoms with Crippen molar-refractivity contribution in [1.29, 1.82) is 0 Å². The van der Waals surface area contributed by atoms with Gasteiger partial charge in [-0.1, -0.05) is 42.1 Å². The predicted octanol–water partition coefficient (Wildman–Crippen LogP) is 3.97. The molecular formula is C19H19FN4OS. The first-order chi connectivity index (χ1) is 12.5. The third-order valence-electron chi connectivity index (χ3n) is 4.03. The number of nitrogens with one attached hydrogen (secondary N) is 1. The molecule has 0 aliphatic heterocycles. The molecule has 3 rings (SSSR count). The molecule has 0 fully saturated rings. The predicted molar refractivity (Wildman–Crippen MR) is 102 cm³/mol. The third-order valence-corrected chi connectivity index (χ3v) is 5.05. The van der Waals surface area contributed by atoms with Crippen molar-refractivity contribution >= 4 is 23.4 Å². The largest absolute Gasteiger partial charge is 0.325 e. The summed E-state index contributed by atoms with van der Waals surface area (Å²) in [5.74, 6) is 0.146. The average molecular weight is 370 g/mol. The monoisotopic (exact) mass is 370 g/mol. The molecule has 0 bridgehead atoms. The second-order valence-corrected chi connectivity index (χ2v) is 6.89. The summed E-state index contributed by atoms with van der Waals surface area (Å²) in [5.41, 5.74) is 3.25. The second-order valence-electron chi connectivity index (χ2n) is 5.95. The average Bonchev–Trinajstić information content (AvgIpc) is 2.97. The lowest BCUT2D eigenvalue weighted by Gasteiger charge is -2.11. The van der Waals surface area contributed by atoms with Crippen LogP contribution in [0.1, 0.15) is 11.1 Å². The minimum atomic E-state index is -0.354. The molecule has 2 aromatic carbocycles. The van der Waals surface area contributed by atoms with E-state index in [0.717, 1.165) is 16.8 Å². The number of thioether (sulfide) groups is 1. The SMILES string of the molecule is Cc1cccc(C)c1NC(=O)CSc1nnc(-c2ccccc2F)n1C. The molecule has 134 valence electrons. The fourth-order valence-corrected chi connectivity index (χ4v) is 3.35. The highest BCUT2D eigenvalue weighted by atomic mass is 32.2. The summed E-state index contributed by atoms with van der Waals surface area (Å²) in [6, 6.07) is 12.3. The highest BCUT2D eigenvalue weighted by Crippen LogP contribution is 2.25. The number of benzene rings is 2. The van der Waals surface area contributed by atoms with Crippen molar-refractivity contribution in [2.75, 3.05) is 11.1 Å². The molecule has 0 saturated carbocycles. The number of carbonyl (C=O) groups is 1. The first-order valence-electron chi connectivity index (χ1n) is 8.10. The minimum absolute atomic E-state index is 0.122. The van der Waals surface area contributed by atoms with Gasteiger partial charge in [-0.25, -0.2) is 4.39 Å². The van der Waals surface area contributed by atoms with Gasteiger partial charge in [-0.05, 0) is 37.1 Å². The van der Waals surface area contributed by atoms with E-state index in [1.165, 1.54) is 17.8 Å². The summed E-state index contributed by atoms with van der Waals surface area (Å²) in [7, 11) is 1.76. The quantitative estimate of drug-likeness (QED) is 0.691. The van der Waals surface area contributed by atoms with E-state index in [4.69, 9.17) is 0 Å². The smallest absolute Gasteiger partial charge is 0.234 e. The molecule has 0 unspecified atom stereocenters. The van der Waals surface area contributed by atoms with Crippen molar-refractivity contribution < 1.29 is 9.18 Å². The third kappa shape index (κ3) is 3.77. The number of aryl methyl sites for hydroxylation is 2. The number of halogens is 1. The van der Waals surface area contributed by atoms with Gasteiger partial charge in [-0.15, -0.1) is 10.2 Å². The Bertz CT molecular complexity index is 934. The van der Waals surface area contributed by atoms with Gasteiger partial charge < -0.3 is 9.88 Å². The normalized spacial score (nSPS) is 10.8. The van der Waals surface area contributed by atoms with E-state index in [-0.39, 0.29) is 17.5 Å². The Kier molecular flexibility index (Phi) is 5.37.